The van der Waals surface area contributed by atoms with Crippen LogP contribution in [-0.2, 0) is 4.74 Å². The largest absolute Gasteiger partial charge is 0.383 e. The molecule has 0 bridgehead atoms. The van der Waals surface area contributed by atoms with Crippen LogP contribution in [0.3, 0.4) is 0 Å². The zero-order chi connectivity index (χ0) is 11.0. The summed E-state index contributed by atoms with van der Waals surface area (Å²) in [4.78, 5) is 1.96. The van der Waals surface area contributed by atoms with Crippen LogP contribution in [0.1, 0.15) is 27.2 Å². The molecule has 0 radical (unpaired) electrons. The minimum atomic E-state index is -0.913. The molecular weight excluding hydrogens is 312 g/mol. The van der Waals surface area contributed by atoms with E-state index in [1.54, 1.807) is 18.0 Å². The second-order valence-electron chi connectivity index (χ2n) is 4.43. The molecule has 14 heavy (non-hydrogen) atoms. The first kappa shape index (κ1) is 12.7. The van der Waals surface area contributed by atoms with Gasteiger partial charge in [0.2, 0.25) is 0 Å². The Bertz CT molecular complexity index is 236. The van der Waals surface area contributed by atoms with E-state index in [9.17, 15) is 5.11 Å². The third-order valence-electron chi connectivity index (χ3n) is 2.67. The number of hydrogen-bond acceptors (Lipinski definition) is 2. The first-order chi connectivity index (χ1) is 6.29. The van der Waals surface area contributed by atoms with Crippen molar-refractivity contribution in [2.75, 3.05) is 0 Å². The summed E-state index contributed by atoms with van der Waals surface area (Å²) in [5.41, 5.74) is -1.13. The van der Waals surface area contributed by atoms with Crippen molar-refractivity contribution in [3.8, 4) is 0 Å². The topological polar surface area (TPSA) is 29.5 Å². The lowest BCUT2D eigenvalue weighted by molar-refractivity contribution is -0.0951. The predicted molar refractivity (Wildman–Crippen MR) is 65.0 cm³/mol. The average molecular weight is 328 g/mol. The highest BCUT2D eigenvalue weighted by molar-refractivity contribution is 9.11. The highest BCUT2D eigenvalue weighted by Gasteiger charge is 2.46. The first-order valence-electron chi connectivity index (χ1n) is 4.62. The molecule has 1 fully saturated rings. The lowest BCUT2D eigenvalue weighted by atomic mass is 9.96. The van der Waals surface area contributed by atoms with Gasteiger partial charge in [-0.2, -0.15) is 0 Å². The van der Waals surface area contributed by atoms with Crippen LogP contribution in [0, 0.1) is 0 Å². The van der Waals surface area contributed by atoms with E-state index in [0.717, 1.165) is 6.42 Å². The third-order valence-corrected chi connectivity index (χ3v) is 4.41. The molecule has 1 saturated heterocycles. The SMILES string of the molecule is CC1(C)O[C@H]([C@](C)(O)/C=C/Br)C[C@@H]1Br. The van der Waals surface area contributed by atoms with Gasteiger partial charge in [0.05, 0.1) is 11.7 Å². The van der Waals surface area contributed by atoms with Crippen molar-refractivity contribution in [3.63, 3.8) is 0 Å². The molecule has 0 spiro atoms. The fourth-order valence-corrected chi connectivity index (χ4v) is 2.54. The quantitative estimate of drug-likeness (QED) is 0.790. The van der Waals surface area contributed by atoms with Crippen LogP contribution >= 0.6 is 31.9 Å². The Balaban J connectivity index is 2.75. The molecule has 0 amide bonds. The summed E-state index contributed by atoms with van der Waals surface area (Å²) in [6.07, 6.45) is 2.37. The van der Waals surface area contributed by atoms with Gasteiger partial charge < -0.3 is 9.84 Å². The molecule has 0 aromatic rings. The fraction of sp³-hybridized carbons (Fsp3) is 0.800. The van der Waals surface area contributed by atoms with Crippen molar-refractivity contribution in [2.24, 2.45) is 0 Å². The van der Waals surface area contributed by atoms with E-state index in [0.29, 0.717) is 0 Å². The second kappa shape index (κ2) is 4.24. The van der Waals surface area contributed by atoms with E-state index in [-0.39, 0.29) is 16.5 Å². The van der Waals surface area contributed by atoms with Crippen molar-refractivity contribution in [3.05, 3.63) is 11.1 Å². The van der Waals surface area contributed by atoms with Crippen molar-refractivity contribution >= 4 is 31.9 Å². The highest BCUT2D eigenvalue weighted by atomic mass is 79.9. The van der Waals surface area contributed by atoms with Crippen LogP contribution in [0.5, 0.6) is 0 Å². The third kappa shape index (κ3) is 2.60. The van der Waals surface area contributed by atoms with E-state index < -0.39 is 5.60 Å². The van der Waals surface area contributed by atoms with Crippen molar-refractivity contribution in [1.29, 1.82) is 0 Å². The van der Waals surface area contributed by atoms with Crippen molar-refractivity contribution in [1.82, 2.24) is 0 Å². The first-order valence-corrected chi connectivity index (χ1v) is 6.45. The number of rotatable bonds is 2. The van der Waals surface area contributed by atoms with Crippen LogP contribution in [-0.4, -0.2) is 27.2 Å². The maximum Gasteiger partial charge on any atom is 0.107 e. The Hall–Kier alpha value is 0.620. The minimum absolute atomic E-state index is 0.157. The molecule has 3 atom stereocenters. The van der Waals surface area contributed by atoms with Gasteiger partial charge >= 0.3 is 0 Å². The van der Waals surface area contributed by atoms with Crippen molar-refractivity contribution < 1.29 is 9.84 Å². The molecule has 1 heterocycles. The summed E-state index contributed by atoms with van der Waals surface area (Å²) < 4.78 is 5.81. The number of aliphatic hydroxyl groups is 1. The van der Waals surface area contributed by atoms with Crippen LogP contribution in [0.25, 0.3) is 0 Å². The molecule has 0 unspecified atom stereocenters. The number of hydrogen-bond donors (Lipinski definition) is 1. The van der Waals surface area contributed by atoms with Gasteiger partial charge in [0, 0.05) is 4.83 Å². The summed E-state index contributed by atoms with van der Waals surface area (Å²) in [6.45, 7) is 5.82. The average Bonchev–Trinajstić information content (AvgIpc) is 2.27. The van der Waals surface area contributed by atoms with Gasteiger partial charge in [-0.25, -0.2) is 0 Å². The number of ether oxygens (including phenoxy) is 1. The van der Waals surface area contributed by atoms with Gasteiger partial charge in [-0.05, 0) is 38.3 Å². The van der Waals surface area contributed by atoms with Gasteiger partial charge in [0.1, 0.15) is 5.60 Å². The van der Waals surface area contributed by atoms with E-state index in [2.05, 4.69) is 31.9 Å². The van der Waals surface area contributed by atoms with Crippen LogP contribution in [0.15, 0.2) is 11.1 Å². The molecule has 2 nitrogen and oxygen atoms in total. The summed E-state index contributed by atoms with van der Waals surface area (Å²) in [7, 11) is 0. The molecule has 0 aliphatic carbocycles. The standard InChI is InChI=1S/C10H16Br2O2/c1-9(2)7(12)6-8(14-9)10(3,13)4-5-11/h4-5,7-8,13H,6H2,1-3H3/b5-4+/t7-,8-,10+/m0/s1. The molecule has 0 aromatic carbocycles. The Morgan fingerprint density at radius 1 is 1.57 bits per heavy atom. The van der Waals surface area contributed by atoms with Gasteiger partial charge in [0.25, 0.3) is 0 Å². The summed E-state index contributed by atoms with van der Waals surface area (Å²) in [5, 5.41) is 10.1. The molecule has 0 aromatic heterocycles. The maximum absolute atomic E-state index is 10.1. The molecular formula is C10H16Br2O2. The molecule has 82 valence electrons. The summed E-state index contributed by atoms with van der Waals surface area (Å²) in [5.74, 6) is 0. The Morgan fingerprint density at radius 2 is 2.14 bits per heavy atom. The molecule has 1 N–H and O–H groups in total. The molecule has 1 aliphatic rings. The summed E-state index contributed by atoms with van der Waals surface area (Å²) in [6, 6.07) is 0. The second-order valence-corrected chi connectivity index (χ2v) is 6.07. The lowest BCUT2D eigenvalue weighted by Gasteiger charge is -2.28. The van der Waals surface area contributed by atoms with Gasteiger partial charge in [-0.3, -0.25) is 0 Å². The van der Waals surface area contributed by atoms with Crippen LogP contribution in [0.2, 0.25) is 0 Å². The van der Waals surface area contributed by atoms with Gasteiger partial charge in [-0.1, -0.05) is 31.9 Å². The summed E-state index contributed by atoms with van der Waals surface area (Å²) >= 11 is 6.74. The number of halogens is 2. The maximum atomic E-state index is 10.1. The van der Waals surface area contributed by atoms with E-state index in [1.807, 2.05) is 13.8 Å². The zero-order valence-corrected chi connectivity index (χ0v) is 11.8. The fourth-order valence-electron chi connectivity index (χ4n) is 1.55. The van der Waals surface area contributed by atoms with E-state index in [4.69, 9.17) is 4.74 Å². The van der Waals surface area contributed by atoms with Gasteiger partial charge in [0.15, 0.2) is 0 Å². The normalized spacial score (nSPS) is 36.1. The Morgan fingerprint density at radius 3 is 2.50 bits per heavy atom. The minimum Gasteiger partial charge on any atom is -0.383 e. The molecule has 1 rings (SSSR count). The lowest BCUT2D eigenvalue weighted by Crippen LogP contribution is -2.38. The zero-order valence-electron chi connectivity index (χ0n) is 8.63. The predicted octanol–water partition coefficient (Wildman–Crippen LogP) is 2.98. The smallest absolute Gasteiger partial charge is 0.107 e. The Kier molecular flexibility index (Phi) is 3.84. The Labute approximate surface area is 102 Å². The monoisotopic (exact) mass is 326 g/mol. The van der Waals surface area contributed by atoms with Crippen LogP contribution in [0.4, 0.5) is 0 Å². The van der Waals surface area contributed by atoms with Crippen molar-refractivity contribution in [2.45, 2.75) is 49.3 Å². The molecule has 0 saturated carbocycles. The molecule has 1 aliphatic heterocycles. The van der Waals surface area contributed by atoms with E-state index in [1.165, 1.54) is 0 Å². The van der Waals surface area contributed by atoms with Crippen LogP contribution < -0.4 is 0 Å². The van der Waals surface area contributed by atoms with E-state index >= 15 is 0 Å². The van der Waals surface area contributed by atoms with Gasteiger partial charge in [-0.15, -0.1) is 0 Å². The highest BCUT2D eigenvalue weighted by Crippen LogP contribution is 2.39. The number of alkyl halides is 1. The molecule has 4 heteroatoms.